The van der Waals surface area contributed by atoms with Gasteiger partial charge in [-0.2, -0.15) is 0 Å². The van der Waals surface area contributed by atoms with E-state index in [0.29, 0.717) is 11.8 Å². The molecule has 2 aliphatic carbocycles. The fraction of sp³-hybridized carbons (Fsp3) is 0.778. The first-order valence-electron chi connectivity index (χ1n) is 4.22. The van der Waals surface area contributed by atoms with Crippen molar-refractivity contribution in [3.63, 3.8) is 0 Å². The van der Waals surface area contributed by atoms with E-state index in [2.05, 4.69) is 12.2 Å². The maximum Gasteiger partial charge on any atom is 0.0525 e. The highest BCUT2D eigenvalue weighted by Crippen LogP contribution is 2.52. The summed E-state index contributed by atoms with van der Waals surface area (Å²) < 4.78 is 0. The van der Waals surface area contributed by atoms with E-state index in [-0.39, 0.29) is 18.6 Å². The van der Waals surface area contributed by atoms with Crippen molar-refractivity contribution in [2.45, 2.75) is 12.8 Å². The Labute approximate surface area is 66.5 Å². The second-order valence-electron chi connectivity index (χ2n) is 3.83. The summed E-state index contributed by atoms with van der Waals surface area (Å²) in [6.45, 7) is 0.423. The Kier molecular flexibility index (Phi) is 1.55. The lowest BCUT2D eigenvalue weighted by atomic mass is 9.79. The van der Waals surface area contributed by atoms with Gasteiger partial charge < -0.3 is 10.2 Å². The van der Waals surface area contributed by atoms with Crippen LogP contribution >= 0.6 is 0 Å². The number of allylic oxidation sites excluding steroid dienone is 1. The average Bonchev–Trinajstić information content (AvgIpc) is 2.60. The fourth-order valence-electron chi connectivity index (χ4n) is 2.52. The lowest BCUT2D eigenvalue weighted by Crippen LogP contribution is -2.29. The van der Waals surface area contributed by atoms with Gasteiger partial charge >= 0.3 is 0 Å². The molecule has 0 aromatic carbocycles. The Morgan fingerprint density at radius 2 is 2.27 bits per heavy atom. The molecule has 0 aromatic rings. The van der Waals surface area contributed by atoms with Crippen LogP contribution in [0.15, 0.2) is 12.2 Å². The molecule has 62 valence electrons. The summed E-state index contributed by atoms with van der Waals surface area (Å²) in [4.78, 5) is 0. The van der Waals surface area contributed by atoms with Gasteiger partial charge in [0.25, 0.3) is 0 Å². The minimum absolute atomic E-state index is 0.0561. The summed E-state index contributed by atoms with van der Waals surface area (Å²) in [5, 5.41) is 18.2. The molecular weight excluding hydrogens is 140 g/mol. The lowest BCUT2D eigenvalue weighted by Gasteiger charge is -2.28. The summed E-state index contributed by atoms with van der Waals surface area (Å²) in [6.07, 6.45) is 6.40. The van der Waals surface area contributed by atoms with Crippen LogP contribution in [0.25, 0.3) is 0 Å². The van der Waals surface area contributed by atoms with E-state index in [1.165, 1.54) is 0 Å². The number of hydrogen-bond donors (Lipinski definition) is 2. The molecule has 3 atom stereocenters. The Balaban J connectivity index is 2.22. The van der Waals surface area contributed by atoms with Crippen LogP contribution in [0.1, 0.15) is 12.8 Å². The molecule has 0 saturated heterocycles. The van der Waals surface area contributed by atoms with Crippen molar-refractivity contribution in [1.82, 2.24) is 0 Å². The smallest absolute Gasteiger partial charge is 0.0525 e. The molecular formula is C9H14O2. The molecule has 2 N–H and O–H groups in total. The van der Waals surface area contributed by atoms with Gasteiger partial charge in [0, 0.05) is 12.0 Å². The minimum atomic E-state index is -0.0561. The van der Waals surface area contributed by atoms with E-state index in [9.17, 15) is 5.11 Å². The van der Waals surface area contributed by atoms with E-state index < -0.39 is 0 Å². The summed E-state index contributed by atoms with van der Waals surface area (Å²) in [6, 6.07) is 0. The van der Waals surface area contributed by atoms with Crippen LogP contribution in [-0.2, 0) is 0 Å². The number of fused-ring (bicyclic) bond motifs is 2. The number of rotatable bonds is 2. The van der Waals surface area contributed by atoms with Gasteiger partial charge in [-0.3, -0.25) is 0 Å². The fourth-order valence-corrected chi connectivity index (χ4v) is 2.52. The zero-order valence-corrected chi connectivity index (χ0v) is 6.53. The molecule has 0 radical (unpaired) electrons. The number of hydrogen-bond acceptors (Lipinski definition) is 2. The van der Waals surface area contributed by atoms with Crippen molar-refractivity contribution < 1.29 is 10.2 Å². The van der Waals surface area contributed by atoms with Crippen LogP contribution in [-0.4, -0.2) is 23.4 Å². The number of aliphatic hydroxyl groups is 2. The molecule has 2 aliphatic rings. The normalized spacial score (nSPS) is 47.1. The van der Waals surface area contributed by atoms with Crippen LogP contribution < -0.4 is 0 Å². The molecule has 2 heteroatoms. The van der Waals surface area contributed by atoms with Crippen molar-refractivity contribution in [1.29, 1.82) is 0 Å². The number of aliphatic hydroxyl groups excluding tert-OH is 2. The van der Waals surface area contributed by atoms with Gasteiger partial charge in [0.05, 0.1) is 6.61 Å². The van der Waals surface area contributed by atoms with E-state index in [4.69, 9.17) is 5.11 Å². The molecule has 0 spiro atoms. The van der Waals surface area contributed by atoms with Gasteiger partial charge in [-0.15, -0.1) is 0 Å². The molecule has 0 amide bonds. The van der Waals surface area contributed by atoms with Crippen LogP contribution in [0.5, 0.6) is 0 Å². The van der Waals surface area contributed by atoms with Crippen molar-refractivity contribution in [3.8, 4) is 0 Å². The Hall–Kier alpha value is -0.340. The van der Waals surface area contributed by atoms with Crippen molar-refractivity contribution in [3.05, 3.63) is 12.2 Å². The third kappa shape index (κ3) is 0.861. The highest BCUT2D eigenvalue weighted by molar-refractivity contribution is 5.18. The Bertz CT molecular complexity index is 188. The lowest BCUT2D eigenvalue weighted by molar-refractivity contribution is 0.0892. The first kappa shape index (κ1) is 7.32. The molecule has 2 nitrogen and oxygen atoms in total. The van der Waals surface area contributed by atoms with Crippen LogP contribution in [0, 0.1) is 17.3 Å². The van der Waals surface area contributed by atoms with Crippen LogP contribution in [0.2, 0.25) is 0 Å². The molecule has 0 aromatic heterocycles. The topological polar surface area (TPSA) is 40.5 Å². The predicted molar refractivity (Wildman–Crippen MR) is 42.0 cm³/mol. The highest BCUT2D eigenvalue weighted by Gasteiger charge is 2.47. The largest absolute Gasteiger partial charge is 0.396 e. The van der Waals surface area contributed by atoms with Gasteiger partial charge in [0.15, 0.2) is 0 Å². The molecule has 2 rings (SSSR count). The van der Waals surface area contributed by atoms with E-state index in [1.54, 1.807) is 0 Å². The summed E-state index contributed by atoms with van der Waals surface area (Å²) >= 11 is 0. The maximum absolute atomic E-state index is 9.18. The van der Waals surface area contributed by atoms with E-state index >= 15 is 0 Å². The highest BCUT2D eigenvalue weighted by atomic mass is 16.3. The molecule has 1 fully saturated rings. The predicted octanol–water partition coefficient (Wildman–Crippen LogP) is 0.553. The minimum Gasteiger partial charge on any atom is -0.396 e. The first-order chi connectivity index (χ1) is 5.30. The maximum atomic E-state index is 9.18. The third-order valence-corrected chi connectivity index (χ3v) is 3.26. The Morgan fingerprint density at radius 3 is 2.73 bits per heavy atom. The van der Waals surface area contributed by atoms with Crippen molar-refractivity contribution in [2.75, 3.05) is 13.2 Å². The quantitative estimate of drug-likeness (QED) is 0.570. The molecule has 0 unspecified atom stereocenters. The summed E-state index contributed by atoms with van der Waals surface area (Å²) in [7, 11) is 0. The standard InChI is InChI=1S/C9H14O2/c10-5-8-3-7-1-2-9(8,4-7)6-11/h1-2,7-8,10-11H,3-6H2/t7-,8-,9+/m1/s1. The molecule has 1 saturated carbocycles. The summed E-state index contributed by atoms with van der Waals surface area (Å²) in [5.74, 6) is 0.932. The monoisotopic (exact) mass is 154 g/mol. The van der Waals surface area contributed by atoms with Crippen molar-refractivity contribution in [2.24, 2.45) is 17.3 Å². The van der Waals surface area contributed by atoms with Gasteiger partial charge in [0.1, 0.15) is 0 Å². The zero-order valence-electron chi connectivity index (χ0n) is 6.53. The van der Waals surface area contributed by atoms with Crippen LogP contribution in [0.4, 0.5) is 0 Å². The molecule has 2 bridgehead atoms. The second-order valence-corrected chi connectivity index (χ2v) is 3.83. The van der Waals surface area contributed by atoms with Gasteiger partial charge in [0.2, 0.25) is 0 Å². The Morgan fingerprint density at radius 1 is 1.45 bits per heavy atom. The third-order valence-electron chi connectivity index (χ3n) is 3.26. The second kappa shape index (κ2) is 2.32. The van der Waals surface area contributed by atoms with E-state index in [0.717, 1.165) is 12.8 Å². The molecule has 11 heavy (non-hydrogen) atoms. The first-order valence-corrected chi connectivity index (χ1v) is 4.22. The summed E-state index contributed by atoms with van der Waals surface area (Å²) in [5.41, 5.74) is -0.0561. The molecule has 0 aliphatic heterocycles. The average molecular weight is 154 g/mol. The van der Waals surface area contributed by atoms with Gasteiger partial charge in [-0.1, -0.05) is 12.2 Å². The van der Waals surface area contributed by atoms with Gasteiger partial charge in [-0.25, -0.2) is 0 Å². The van der Waals surface area contributed by atoms with Gasteiger partial charge in [-0.05, 0) is 24.7 Å². The van der Waals surface area contributed by atoms with E-state index in [1.807, 2.05) is 0 Å². The zero-order chi connectivity index (χ0) is 7.90. The SMILES string of the molecule is OC[C@H]1C[C@H]2C=C[C@@]1(CO)C2. The van der Waals surface area contributed by atoms with Crippen molar-refractivity contribution >= 4 is 0 Å². The van der Waals surface area contributed by atoms with Crippen LogP contribution in [0.3, 0.4) is 0 Å². The molecule has 0 heterocycles.